The predicted molar refractivity (Wildman–Crippen MR) is 80.1 cm³/mol. The molecule has 0 fully saturated rings. The summed E-state index contributed by atoms with van der Waals surface area (Å²) in [6.07, 6.45) is -0.157. The van der Waals surface area contributed by atoms with Crippen LogP contribution in [0.15, 0.2) is 36.4 Å². The lowest BCUT2D eigenvalue weighted by molar-refractivity contribution is 0.134. The minimum atomic E-state index is -0.600. The molecule has 1 heterocycles. The molecule has 1 aliphatic rings. The Balaban J connectivity index is 1.82. The van der Waals surface area contributed by atoms with E-state index in [1.54, 1.807) is 6.07 Å². The van der Waals surface area contributed by atoms with Gasteiger partial charge >= 0.3 is 0 Å². The van der Waals surface area contributed by atoms with Crippen LogP contribution in [0.2, 0.25) is 10.0 Å². The smallest absolute Gasteiger partial charge is 0.0831 e. The standard InChI is InChI=1S/C16H14Cl2O2/c17-14-3-1-2-11(16(14)18)7-15(19)10-4-5-12-8-20-9-13(12)6-10/h1-6,15,19H,7-9H2. The molecule has 2 nitrogen and oxygen atoms in total. The molecule has 1 N–H and O–H groups in total. The highest BCUT2D eigenvalue weighted by Crippen LogP contribution is 2.30. The van der Waals surface area contributed by atoms with Crippen LogP contribution in [0.4, 0.5) is 0 Å². The van der Waals surface area contributed by atoms with Crippen molar-refractivity contribution < 1.29 is 9.84 Å². The van der Waals surface area contributed by atoms with Gasteiger partial charge in [-0.2, -0.15) is 0 Å². The summed E-state index contributed by atoms with van der Waals surface area (Å²) in [5.74, 6) is 0. The van der Waals surface area contributed by atoms with E-state index < -0.39 is 6.10 Å². The Morgan fingerprint density at radius 1 is 1.10 bits per heavy atom. The second-order valence-corrected chi connectivity index (χ2v) is 5.74. The summed E-state index contributed by atoms with van der Waals surface area (Å²) >= 11 is 12.1. The number of halogens is 2. The van der Waals surface area contributed by atoms with Crippen LogP contribution in [0, 0.1) is 0 Å². The highest BCUT2D eigenvalue weighted by Gasteiger charge is 2.16. The third-order valence-corrected chi connectivity index (χ3v) is 4.43. The normalized spacial score (nSPS) is 15.2. The molecule has 0 aromatic heterocycles. The molecule has 0 saturated heterocycles. The van der Waals surface area contributed by atoms with E-state index in [2.05, 4.69) is 0 Å². The van der Waals surface area contributed by atoms with E-state index in [1.807, 2.05) is 30.3 Å². The van der Waals surface area contributed by atoms with Crippen LogP contribution in [-0.2, 0) is 24.4 Å². The number of fused-ring (bicyclic) bond motifs is 1. The van der Waals surface area contributed by atoms with Gasteiger partial charge in [0.15, 0.2) is 0 Å². The van der Waals surface area contributed by atoms with Gasteiger partial charge in [-0.05, 0) is 28.3 Å². The Morgan fingerprint density at radius 3 is 2.75 bits per heavy atom. The number of aliphatic hydroxyl groups excluding tert-OH is 1. The third kappa shape index (κ3) is 2.70. The minimum absolute atomic E-state index is 0.443. The average molecular weight is 309 g/mol. The molecule has 1 atom stereocenters. The summed E-state index contributed by atoms with van der Waals surface area (Å²) in [7, 11) is 0. The topological polar surface area (TPSA) is 29.5 Å². The molecule has 2 aromatic rings. The van der Waals surface area contributed by atoms with Crippen molar-refractivity contribution in [2.24, 2.45) is 0 Å². The molecule has 0 radical (unpaired) electrons. The zero-order chi connectivity index (χ0) is 14.1. The van der Waals surface area contributed by atoms with E-state index in [4.69, 9.17) is 27.9 Å². The van der Waals surface area contributed by atoms with Crippen molar-refractivity contribution in [3.05, 3.63) is 68.7 Å². The Kier molecular flexibility index (Phi) is 3.99. The van der Waals surface area contributed by atoms with Crippen molar-refractivity contribution >= 4 is 23.2 Å². The van der Waals surface area contributed by atoms with Gasteiger partial charge in [0.05, 0.1) is 29.4 Å². The first-order valence-electron chi connectivity index (χ1n) is 6.45. The van der Waals surface area contributed by atoms with Gasteiger partial charge in [0.25, 0.3) is 0 Å². The fourth-order valence-corrected chi connectivity index (χ4v) is 2.83. The molecule has 3 rings (SSSR count). The van der Waals surface area contributed by atoms with E-state index in [9.17, 15) is 5.11 Å². The molecule has 1 unspecified atom stereocenters. The van der Waals surface area contributed by atoms with Crippen LogP contribution in [0.25, 0.3) is 0 Å². The monoisotopic (exact) mass is 308 g/mol. The first kappa shape index (κ1) is 13.9. The zero-order valence-electron chi connectivity index (χ0n) is 10.8. The van der Waals surface area contributed by atoms with Gasteiger partial charge in [0.2, 0.25) is 0 Å². The first-order chi connectivity index (χ1) is 9.65. The lowest BCUT2D eigenvalue weighted by Gasteiger charge is -2.14. The molecule has 20 heavy (non-hydrogen) atoms. The van der Waals surface area contributed by atoms with Crippen molar-refractivity contribution in [2.75, 3.05) is 0 Å². The molecule has 4 heteroatoms. The van der Waals surface area contributed by atoms with Crippen LogP contribution in [0.1, 0.15) is 28.4 Å². The number of aliphatic hydroxyl groups is 1. The van der Waals surface area contributed by atoms with Gasteiger partial charge < -0.3 is 9.84 Å². The molecule has 0 saturated carbocycles. The molecule has 0 bridgehead atoms. The van der Waals surface area contributed by atoms with Gasteiger partial charge in [-0.25, -0.2) is 0 Å². The average Bonchev–Trinajstić information content (AvgIpc) is 2.91. The van der Waals surface area contributed by atoms with Crippen molar-refractivity contribution in [2.45, 2.75) is 25.7 Å². The van der Waals surface area contributed by atoms with E-state index in [0.717, 1.165) is 16.7 Å². The highest BCUT2D eigenvalue weighted by molar-refractivity contribution is 6.42. The van der Waals surface area contributed by atoms with Crippen molar-refractivity contribution in [3.63, 3.8) is 0 Å². The van der Waals surface area contributed by atoms with Gasteiger partial charge in [-0.15, -0.1) is 0 Å². The van der Waals surface area contributed by atoms with Crippen molar-refractivity contribution in [3.8, 4) is 0 Å². The quantitative estimate of drug-likeness (QED) is 0.916. The third-order valence-electron chi connectivity index (χ3n) is 3.58. The number of benzene rings is 2. The zero-order valence-corrected chi connectivity index (χ0v) is 12.3. The van der Waals surface area contributed by atoms with Crippen LogP contribution in [-0.4, -0.2) is 5.11 Å². The molecule has 0 amide bonds. The van der Waals surface area contributed by atoms with E-state index in [-0.39, 0.29) is 0 Å². The summed E-state index contributed by atoms with van der Waals surface area (Å²) in [6.45, 7) is 1.28. The second kappa shape index (κ2) is 5.74. The maximum absolute atomic E-state index is 10.4. The summed E-state index contributed by atoms with van der Waals surface area (Å²) in [6, 6.07) is 11.4. The van der Waals surface area contributed by atoms with Gasteiger partial charge in [0, 0.05) is 6.42 Å². The number of hydrogen-bond acceptors (Lipinski definition) is 2. The minimum Gasteiger partial charge on any atom is -0.388 e. The van der Waals surface area contributed by atoms with Gasteiger partial charge in [0.1, 0.15) is 0 Å². The maximum atomic E-state index is 10.4. The van der Waals surface area contributed by atoms with Gasteiger partial charge in [-0.3, -0.25) is 0 Å². The largest absolute Gasteiger partial charge is 0.388 e. The molecule has 0 spiro atoms. The number of hydrogen-bond donors (Lipinski definition) is 1. The molecule has 1 aliphatic heterocycles. The molecule has 0 aliphatic carbocycles. The number of rotatable bonds is 3. The SMILES string of the molecule is OC(Cc1cccc(Cl)c1Cl)c1ccc2c(c1)COC2. The Hall–Kier alpha value is -1.06. The molecule has 104 valence electrons. The Morgan fingerprint density at radius 2 is 1.90 bits per heavy atom. The predicted octanol–water partition coefficient (Wildman–Crippen LogP) is 4.30. The first-order valence-corrected chi connectivity index (χ1v) is 7.21. The van der Waals surface area contributed by atoms with Crippen molar-refractivity contribution in [1.82, 2.24) is 0 Å². The second-order valence-electron chi connectivity index (χ2n) is 4.95. The maximum Gasteiger partial charge on any atom is 0.0831 e. The summed E-state index contributed by atoms with van der Waals surface area (Å²) < 4.78 is 5.38. The highest BCUT2D eigenvalue weighted by atomic mass is 35.5. The number of ether oxygens (including phenoxy) is 1. The summed E-state index contributed by atoms with van der Waals surface area (Å²) in [5, 5.41) is 11.4. The molecule has 2 aromatic carbocycles. The lowest BCUT2D eigenvalue weighted by Crippen LogP contribution is -2.03. The Bertz CT molecular complexity index is 640. The fourth-order valence-electron chi connectivity index (χ4n) is 2.43. The van der Waals surface area contributed by atoms with Crippen LogP contribution in [0.5, 0.6) is 0 Å². The van der Waals surface area contributed by atoms with Crippen LogP contribution < -0.4 is 0 Å². The fraction of sp³-hybridized carbons (Fsp3) is 0.250. The van der Waals surface area contributed by atoms with Crippen molar-refractivity contribution in [1.29, 1.82) is 0 Å². The summed E-state index contributed by atoms with van der Waals surface area (Å²) in [4.78, 5) is 0. The van der Waals surface area contributed by atoms with E-state index in [0.29, 0.717) is 29.7 Å². The van der Waals surface area contributed by atoms with Gasteiger partial charge in [-0.1, -0.05) is 53.5 Å². The van der Waals surface area contributed by atoms with Crippen LogP contribution >= 0.6 is 23.2 Å². The van der Waals surface area contributed by atoms with E-state index in [1.165, 1.54) is 5.56 Å². The molecular formula is C16H14Cl2O2. The summed E-state index contributed by atoms with van der Waals surface area (Å²) in [5.41, 5.74) is 4.08. The molecular weight excluding hydrogens is 295 g/mol. The Labute approximate surface area is 127 Å². The van der Waals surface area contributed by atoms with E-state index >= 15 is 0 Å². The lowest BCUT2D eigenvalue weighted by atomic mass is 9.98. The van der Waals surface area contributed by atoms with Crippen LogP contribution in [0.3, 0.4) is 0 Å².